The molecule has 1 aromatic carbocycles. The van der Waals surface area contributed by atoms with Crippen LogP contribution in [0.4, 0.5) is 0 Å². The molecule has 1 aromatic rings. The van der Waals surface area contributed by atoms with Gasteiger partial charge in [-0.25, -0.2) is 0 Å². The molecular weight excluding hydrogens is 236 g/mol. The highest BCUT2D eigenvalue weighted by molar-refractivity contribution is 6.01. The summed E-state index contributed by atoms with van der Waals surface area (Å²) in [6, 6.07) is 11.3. The minimum atomic E-state index is -0.289. The number of hydrogen-bond acceptors (Lipinski definition) is 2. The van der Waals surface area contributed by atoms with Gasteiger partial charge in [-0.3, -0.25) is 4.79 Å². The van der Waals surface area contributed by atoms with Crippen molar-refractivity contribution in [1.29, 1.82) is 5.26 Å². The van der Waals surface area contributed by atoms with Crippen LogP contribution < -0.4 is 5.32 Å². The van der Waals surface area contributed by atoms with Crippen LogP contribution in [-0.4, -0.2) is 12.5 Å². The first-order valence-electron chi connectivity index (χ1n) is 6.73. The number of rotatable bonds is 7. The average Bonchev–Trinajstić information content (AvgIpc) is 2.45. The Labute approximate surface area is 114 Å². The first-order valence-corrected chi connectivity index (χ1v) is 6.73. The molecule has 0 aliphatic heterocycles. The van der Waals surface area contributed by atoms with Gasteiger partial charge in [-0.15, -0.1) is 0 Å². The summed E-state index contributed by atoms with van der Waals surface area (Å²) in [7, 11) is 0. The summed E-state index contributed by atoms with van der Waals surface area (Å²) in [5, 5.41) is 11.8. The van der Waals surface area contributed by atoms with Gasteiger partial charge in [0.25, 0.3) is 5.91 Å². The third-order valence-electron chi connectivity index (χ3n) is 2.79. The number of hydrogen-bond donors (Lipinski definition) is 1. The highest BCUT2D eigenvalue weighted by Gasteiger charge is 2.07. The van der Waals surface area contributed by atoms with Crippen LogP contribution in [0.5, 0.6) is 0 Å². The Morgan fingerprint density at radius 2 is 2.00 bits per heavy atom. The number of nitrogens with one attached hydrogen (secondary N) is 1. The van der Waals surface area contributed by atoms with E-state index >= 15 is 0 Å². The van der Waals surface area contributed by atoms with Crippen molar-refractivity contribution >= 4 is 12.0 Å². The molecule has 3 heteroatoms. The fourth-order valence-corrected chi connectivity index (χ4v) is 1.71. The largest absolute Gasteiger partial charge is 0.351 e. The molecule has 0 bridgehead atoms. The second-order valence-electron chi connectivity index (χ2n) is 4.40. The van der Waals surface area contributed by atoms with Gasteiger partial charge in [0.2, 0.25) is 0 Å². The van der Waals surface area contributed by atoms with Gasteiger partial charge >= 0.3 is 0 Å². The van der Waals surface area contributed by atoms with Crippen molar-refractivity contribution in [3.63, 3.8) is 0 Å². The van der Waals surface area contributed by atoms with Crippen molar-refractivity contribution < 1.29 is 4.79 Å². The second-order valence-corrected chi connectivity index (χ2v) is 4.40. The van der Waals surface area contributed by atoms with E-state index in [1.165, 1.54) is 12.8 Å². The smallest absolute Gasteiger partial charge is 0.261 e. The monoisotopic (exact) mass is 256 g/mol. The zero-order chi connectivity index (χ0) is 13.9. The number of benzene rings is 1. The predicted octanol–water partition coefficient (Wildman–Crippen LogP) is 3.29. The van der Waals surface area contributed by atoms with Gasteiger partial charge in [-0.05, 0) is 18.1 Å². The lowest BCUT2D eigenvalue weighted by Gasteiger charge is -2.03. The standard InChI is InChI=1S/C16H20N2O/c1-2-3-4-8-11-18-16(19)15(13-17)12-14-9-6-5-7-10-14/h5-7,9-10,12H,2-4,8,11H2,1H3,(H,18,19)/b15-12-. The molecule has 1 amide bonds. The molecule has 0 aromatic heterocycles. The maximum absolute atomic E-state index is 11.8. The Morgan fingerprint density at radius 1 is 1.26 bits per heavy atom. The van der Waals surface area contributed by atoms with Crippen molar-refractivity contribution in [3.05, 3.63) is 41.5 Å². The molecule has 100 valence electrons. The first kappa shape index (κ1) is 15.0. The summed E-state index contributed by atoms with van der Waals surface area (Å²) in [6.07, 6.45) is 6.04. The van der Waals surface area contributed by atoms with E-state index < -0.39 is 0 Å². The molecule has 0 saturated carbocycles. The molecule has 0 heterocycles. The van der Waals surface area contributed by atoms with Crippen LogP contribution in [0.25, 0.3) is 6.08 Å². The SMILES string of the molecule is CCCCCCNC(=O)/C(C#N)=C\c1ccccc1. The van der Waals surface area contributed by atoms with Crippen LogP contribution >= 0.6 is 0 Å². The maximum Gasteiger partial charge on any atom is 0.261 e. The first-order chi connectivity index (χ1) is 9.27. The minimum Gasteiger partial charge on any atom is -0.351 e. The minimum absolute atomic E-state index is 0.154. The predicted molar refractivity (Wildman–Crippen MR) is 77.2 cm³/mol. The second kappa shape index (κ2) is 8.93. The lowest BCUT2D eigenvalue weighted by atomic mass is 10.1. The van der Waals surface area contributed by atoms with Gasteiger partial charge < -0.3 is 5.32 Å². The number of nitriles is 1. The van der Waals surface area contributed by atoms with E-state index in [0.717, 1.165) is 18.4 Å². The van der Waals surface area contributed by atoms with E-state index in [-0.39, 0.29) is 11.5 Å². The zero-order valence-electron chi connectivity index (χ0n) is 11.4. The molecule has 0 aliphatic rings. The fraction of sp³-hybridized carbons (Fsp3) is 0.375. The van der Waals surface area contributed by atoms with Crippen LogP contribution in [0.1, 0.15) is 38.2 Å². The summed E-state index contributed by atoms with van der Waals surface area (Å²) in [5.74, 6) is -0.289. The molecule has 0 atom stereocenters. The highest BCUT2D eigenvalue weighted by atomic mass is 16.1. The molecule has 0 fully saturated rings. The number of amides is 1. The molecule has 0 radical (unpaired) electrons. The van der Waals surface area contributed by atoms with Crippen LogP contribution in [0.2, 0.25) is 0 Å². The summed E-state index contributed by atoms with van der Waals surface area (Å²) < 4.78 is 0. The summed E-state index contributed by atoms with van der Waals surface area (Å²) in [4.78, 5) is 11.8. The molecule has 0 unspecified atom stereocenters. The Morgan fingerprint density at radius 3 is 2.63 bits per heavy atom. The summed E-state index contributed by atoms with van der Waals surface area (Å²) in [6.45, 7) is 2.78. The van der Waals surface area contributed by atoms with Gasteiger partial charge in [-0.2, -0.15) is 5.26 Å². The van der Waals surface area contributed by atoms with Crippen molar-refractivity contribution in [3.8, 4) is 6.07 Å². The van der Waals surface area contributed by atoms with Crippen LogP contribution in [-0.2, 0) is 4.79 Å². The van der Waals surface area contributed by atoms with Gasteiger partial charge in [-0.1, -0.05) is 56.5 Å². The van der Waals surface area contributed by atoms with Crippen LogP contribution in [0, 0.1) is 11.3 Å². The zero-order valence-corrected chi connectivity index (χ0v) is 11.4. The van der Waals surface area contributed by atoms with E-state index in [1.54, 1.807) is 6.08 Å². The highest BCUT2D eigenvalue weighted by Crippen LogP contribution is 2.06. The normalized spacial score (nSPS) is 10.8. The quantitative estimate of drug-likeness (QED) is 0.462. The fourth-order valence-electron chi connectivity index (χ4n) is 1.71. The van der Waals surface area contributed by atoms with E-state index in [2.05, 4.69) is 12.2 Å². The van der Waals surface area contributed by atoms with E-state index in [9.17, 15) is 4.79 Å². The average molecular weight is 256 g/mol. The molecule has 0 aliphatic carbocycles. The van der Waals surface area contributed by atoms with Crippen LogP contribution in [0.15, 0.2) is 35.9 Å². The molecule has 0 saturated heterocycles. The molecule has 1 N–H and O–H groups in total. The van der Waals surface area contributed by atoms with Crippen LogP contribution in [0.3, 0.4) is 0 Å². The van der Waals surface area contributed by atoms with Crippen molar-refractivity contribution in [2.45, 2.75) is 32.6 Å². The van der Waals surface area contributed by atoms with Gasteiger partial charge in [0.15, 0.2) is 0 Å². The number of carbonyl (C=O) groups excluding carboxylic acids is 1. The molecule has 0 spiro atoms. The Kier molecular flexibility index (Phi) is 7.04. The van der Waals surface area contributed by atoms with Crippen molar-refractivity contribution in [1.82, 2.24) is 5.32 Å². The molecule has 19 heavy (non-hydrogen) atoms. The molecule has 3 nitrogen and oxygen atoms in total. The van der Waals surface area contributed by atoms with Crippen molar-refractivity contribution in [2.75, 3.05) is 6.54 Å². The summed E-state index contributed by atoms with van der Waals surface area (Å²) >= 11 is 0. The Bertz CT molecular complexity index is 457. The molecular formula is C16H20N2O. The number of nitrogens with zero attached hydrogens (tertiary/aromatic N) is 1. The van der Waals surface area contributed by atoms with Gasteiger partial charge in [0.05, 0.1) is 0 Å². The Balaban J connectivity index is 2.49. The Hall–Kier alpha value is -2.08. The van der Waals surface area contributed by atoms with E-state index in [0.29, 0.717) is 6.54 Å². The number of carbonyl (C=O) groups is 1. The third-order valence-corrected chi connectivity index (χ3v) is 2.79. The molecule has 1 rings (SSSR count). The van der Waals surface area contributed by atoms with E-state index in [1.807, 2.05) is 36.4 Å². The third kappa shape index (κ3) is 5.87. The number of unbranched alkanes of at least 4 members (excludes halogenated alkanes) is 3. The summed E-state index contributed by atoms with van der Waals surface area (Å²) in [5.41, 5.74) is 1.02. The van der Waals surface area contributed by atoms with Gasteiger partial charge in [0.1, 0.15) is 11.6 Å². The lowest BCUT2D eigenvalue weighted by Crippen LogP contribution is -2.25. The maximum atomic E-state index is 11.8. The van der Waals surface area contributed by atoms with Crippen molar-refractivity contribution in [2.24, 2.45) is 0 Å². The topological polar surface area (TPSA) is 52.9 Å². The van der Waals surface area contributed by atoms with Gasteiger partial charge in [0, 0.05) is 6.54 Å². The van der Waals surface area contributed by atoms with E-state index in [4.69, 9.17) is 5.26 Å². The lowest BCUT2D eigenvalue weighted by molar-refractivity contribution is -0.117.